The van der Waals surface area contributed by atoms with Gasteiger partial charge in [0.2, 0.25) is 0 Å². The molecule has 1 fully saturated rings. The van der Waals surface area contributed by atoms with Crippen molar-refractivity contribution in [2.75, 3.05) is 0 Å². The van der Waals surface area contributed by atoms with Crippen LogP contribution >= 0.6 is 15.9 Å². The van der Waals surface area contributed by atoms with Crippen LogP contribution in [0.2, 0.25) is 0 Å². The van der Waals surface area contributed by atoms with E-state index in [1.165, 1.54) is 41.5 Å². The van der Waals surface area contributed by atoms with E-state index >= 15 is 0 Å². The second kappa shape index (κ2) is 5.14. The third-order valence-corrected chi connectivity index (χ3v) is 5.45. The van der Waals surface area contributed by atoms with Gasteiger partial charge in [0.1, 0.15) is 0 Å². The summed E-state index contributed by atoms with van der Waals surface area (Å²) < 4.78 is 0. The summed E-state index contributed by atoms with van der Waals surface area (Å²) >= 11 is 3.98. The van der Waals surface area contributed by atoms with Gasteiger partial charge in [-0.15, -0.1) is 0 Å². The molecule has 0 amide bonds. The second-order valence-corrected chi connectivity index (χ2v) is 6.77. The first kappa shape index (κ1) is 13.1. The molecule has 0 N–H and O–H groups in total. The first-order valence-corrected chi connectivity index (χ1v) is 7.64. The molecule has 1 aliphatic carbocycles. The highest BCUT2D eigenvalue weighted by molar-refractivity contribution is 9.09. The minimum Gasteiger partial charge on any atom is -0.0835 e. The lowest BCUT2D eigenvalue weighted by atomic mass is 9.86. The van der Waals surface area contributed by atoms with Crippen molar-refractivity contribution in [2.24, 2.45) is 11.8 Å². The average Bonchev–Trinajstić information content (AvgIpc) is 2.62. The van der Waals surface area contributed by atoms with Crippen molar-refractivity contribution in [3.8, 4) is 0 Å². The Balaban J connectivity index is 2.33. The number of benzene rings is 1. The van der Waals surface area contributed by atoms with Crippen molar-refractivity contribution in [1.29, 1.82) is 0 Å². The Hall–Kier alpha value is -0.300. The van der Waals surface area contributed by atoms with E-state index in [9.17, 15) is 0 Å². The third-order valence-electron chi connectivity index (χ3n) is 4.32. The molecule has 0 radical (unpaired) electrons. The minimum atomic E-state index is 0.542. The Morgan fingerprint density at radius 3 is 2.18 bits per heavy atom. The van der Waals surface area contributed by atoms with E-state index in [0.717, 1.165) is 11.8 Å². The van der Waals surface area contributed by atoms with Gasteiger partial charge in [-0.25, -0.2) is 0 Å². The number of aryl methyl sites for hydroxylation is 3. The van der Waals surface area contributed by atoms with Crippen LogP contribution in [0, 0.1) is 32.6 Å². The molecule has 2 rings (SSSR count). The Bertz CT molecular complexity index is 385. The maximum atomic E-state index is 3.98. The van der Waals surface area contributed by atoms with Gasteiger partial charge in [0.05, 0.1) is 0 Å². The number of rotatable bonds is 2. The lowest BCUT2D eigenvalue weighted by Gasteiger charge is -2.25. The zero-order valence-corrected chi connectivity index (χ0v) is 13.0. The molecule has 0 heterocycles. The molecule has 1 aromatic rings. The molecule has 0 aliphatic heterocycles. The van der Waals surface area contributed by atoms with E-state index < -0.39 is 0 Å². The normalized spacial score (nSPS) is 26.2. The number of alkyl halides is 1. The molecule has 0 spiro atoms. The van der Waals surface area contributed by atoms with Gasteiger partial charge < -0.3 is 0 Å². The van der Waals surface area contributed by atoms with Crippen LogP contribution in [0.15, 0.2) is 12.1 Å². The molecule has 0 bridgehead atoms. The van der Waals surface area contributed by atoms with Gasteiger partial charge >= 0.3 is 0 Å². The van der Waals surface area contributed by atoms with Crippen LogP contribution in [0.3, 0.4) is 0 Å². The molecule has 0 saturated heterocycles. The van der Waals surface area contributed by atoms with E-state index in [0.29, 0.717) is 4.83 Å². The van der Waals surface area contributed by atoms with Crippen LogP contribution in [-0.2, 0) is 0 Å². The van der Waals surface area contributed by atoms with Crippen LogP contribution in [0.25, 0.3) is 0 Å². The quantitative estimate of drug-likeness (QED) is 0.633. The van der Waals surface area contributed by atoms with Crippen molar-refractivity contribution in [3.63, 3.8) is 0 Å². The second-order valence-electron chi connectivity index (χ2n) is 5.79. The molecule has 1 aliphatic rings. The maximum Gasteiger partial charge on any atom is 0.0431 e. The van der Waals surface area contributed by atoms with Crippen molar-refractivity contribution >= 4 is 15.9 Å². The summed E-state index contributed by atoms with van der Waals surface area (Å²) in [7, 11) is 0. The van der Waals surface area contributed by atoms with Gasteiger partial charge in [0.25, 0.3) is 0 Å². The van der Waals surface area contributed by atoms with Gasteiger partial charge in [-0.2, -0.15) is 0 Å². The summed E-state index contributed by atoms with van der Waals surface area (Å²) in [6, 6.07) is 4.63. The average molecular weight is 295 g/mol. The highest BCUT2D eigenvalue weighted by atomic mass is 79.9. The highest BCUT2D eigenvalue weighted by Gasteiger charge is 2.31. The standard InChI is InChI=1S/C16H23Br/c1-10-8-12(3)15(13(4)9-10)16(17)14-7-5-6-11(14)2/h8-9,11,14,16H,5-7H2,1-4H3. The molecule has 1 saturated carbocycles. The zero-order chi connectivity index (χ0) is 12.6. The maximum absolute atomic E-state index is 3.98. The predicted octanol–water partition coefficient (Wildman–Crippen LogP) is 5.48. The number of hydrogen-bond donors (Lipinski definition) is 0. The molecular weight excluding hydrogens is 272 g/mol. The van der Waals surface area contributed by atoms with Gasteiger partial charge in [-0.3, -0.25) is 0 Å². The SMILES string of the molecule is Cc1cc(C)c(C(Br)C2CCCC2C)c(C)c1. The van der Waals surface area contributed by atoms with E-state index in [2.05, 4.69) is 55.8 Å². The molecule has 3 unspecified atom stereocenters. The van der Waals surface area contributed by atoms with Crippen LogP contribution in [-0.4, -0.2) is 0 Å². The monoisotopic (exact) mass is 294 g/mol. The van der Waals surface area contributed by atoms with E-state index in [-0.39, 0.29) is 0 Å². The molecule has 94 valence electrons. The van der Waals surface area contributed by atoms with Crippen LogP contribution in [0.1, 0.15) is 53.3 Å². The third kappa shape index (κ3) is 2.59. The van der Waals surface area contributed by atoms with Crippen molar-refractivity contribution in [2.45, 2.75) is 51.8 Å². The van der Waals surface area contributed by atoms with Crippen molar-refractivity contribution in [1.82, 2.24) is 0 Å². The largest absolute Gasteiger partial charge is 0.0835 e. The van der Waals surface area contributed by atoms with Crippen LogP contribution in [0.4, 0.5) is 0 Å². The van der Waals surface area contributed by atoms with Crippen molar-refractivity contribution < 1.29 is 0 Å². The lowest BCUT2D eigenvalue weighted by molar-refractivity contribution is 0.413. The van der Waals surface area contributed by atoms with E-state index in [1.807, 2.05) is 0 Å². The molecule has 0 nitrogen and oxygen atoms in total. The minimum absolute atomic E-state index is 0.542. The highest BCUT2D eigenvalue weighted by Crippen LogP contribution is 2.46. The van der Waals surface area contributed by atoms with E-state index in [1.54, 1.807) is 0 Å². The molecule has 3 atom stereocenters. The van der Waals surface area contributed by atoms with Gasteiger partial charge in [-0.05, 0) is 55.7 Å². The first-order valence-electron chi connectivity index (χ1n) is 6.72. The Morgan fingerprint density at radius 1 is 1.12 bits per heavy atom. The van der Waals surface area contributed by atoms with E-state index in [4.69, 9.17) is 0 Å². The molecule has 1 heteroatoms. The summed E-state index contributed by atoms with van der Waals surface area (Å²) in [4.78, 5) is 0.542. The lowest BCUT2D eigenvalue weighted by Crippen LogP contribution is -2.13. The zero-order valence-electron chi connectivity index (χ0n) is 11.4. The fourth-order valence-corrected chi connectivity index (χ4v) is 4.96. The topological polar surface area (TPSA) is 0 Å². The van der Waals surface area contributed by atoms with Gasteiger partial charge in [0, 0.05) is 4.83 Å². The molecule has 0 aromatic heterocycles. The van der Waals surface area contributed by atoms with Crippen LogP contribution < -0.4 is 0 Å². The smallest absolute Gasteiger partial charge is 0.0431 e. The Labute approximate surface area is 114 Å². The fourth-order valence-electron chi connectivity index (χ4n) is 3.45. The van der Waals surface area contributed by atoms with Gasteiger partial charge in [0.15, 0.2) is 0 Å². The van der Waals surface area contributed by atoms with Crippen LogP contribution in [0.5, 0.6) is 0 Å². The van der Waals surface area contributed by atoms with Crippen molar-refractivity contribution in [3.05, 3.63) is 34.4 Å². The molecule has 17 heavy (non-hydrogen) atoms. The predicted molar refractivity (Wildman–Crippen MR) is 78.8 cm³/mol. The summed E-state index contributed by atoms with van der Waals surface area (Å²) in [5, 5.41) is 0. The van der Waals surface area contributed by atoms with Gasteiger partial charge in [-0.1, -0.05) is 53.4 Å². The molecule has 1 aromatic carbocycles. The Kier molecular flexibility index (Phi) is 3.97. The first-order chi connectivity index (χ1) is 8.00. The Morgan fingerprint density at radius 2 is 1.71 bits per heavy atom. The number of hydrogen-bond acceptors (Lipinski definition) is 0. The fraction of sp³-hybridized carbons (Fsp3) is 0.625. The summed E-state index contributed by atoms with van der Waals surface area (Å²) in [6.07, 6.45) is 4.18. The summed E-state index contributed by atoms with van der Waals surface area (Å²) in [6.45, 7) is 9.10. The summed E-state index contributed by atoms with van der Waals surface area (Å²) in [5.74, 6) is 1.68. The summed E-state index contributed by atoms with van der Waals surface area (Å²) in [5.41, 5.74) is 5.81. The molecular formula is C16H23Br. The number of halogens is 1.